The molecule has 3 aromatic rings. The SMILES string of the molecule is Cc1ccc(NC(=O)c2ccc(S(=O)(=O)NCc3ccco3)cc2)c(C)c1. The molecule has 2 aromatic carbocycles. The van der Waals surface area contributed by atoms with E-state index in [2.05, 4.69) is 10.0 Å². The molecule has 6 nitrogen and oxygen atoms in total. The fourth-order valence-corrected chi connectivity index (χ4v) is 3.59. The molecule has 0 spiro atoms. The molecule has 0 saturated carbocycles. The Labute approximate surface area is 158 Å². The van der Waals surface area contributed by atoms with Crippen molar-refractivity contribution in [3.63, 3.8) is 0 Å². The molecule has 0 atom stereocenters. The van der Waals surface area contributed by atoms with Gasteiger partial charge in [-0.25, -0.2) is 13.1 Å². The maximum atomic E-state index is 12.4. The first-order valence-corrected chi connectivity index (χ1v) is 9.84. The van der Waals surface area contributed by atoms with Gasteiger partial charge in [0.2, 0.25) is 10.0 Å². The quantitative estimate of drug-likeness (QED) is 0.679. The number of amides is 1. The number of rotatable bonds is 6. The van der Waals surface area contributed by atoms with Crippen molar-refractivity contribution in [2.24, 2.45) is 0 Å². The Bertz CT molecular complexity index is 1040. The van der Waals surface area contributed by atoms with E-state index in [0.29, 0.717) is 11.3 Å². The fourth-order valence-electron chi connectivity index (χ4n) is 2.60. The molecule has 27 heavy (non-hydrogen) atoms. The minimum atomic E-state index is -3.69. The van der Waals surface area contributed by atoms with Gasteiger partial charge < -0.3 is 9.73 Å². The van der Waals surface area contributed by atoms with Crippen molar-refractivity contribution in [3.05, 3.63) is 83.3 Å². The number of anilines is 1. The van der Waals surface area contributed by atoms with Crippen LogP contribution in [0, 0.1) is 13.8 Å². The van der Waals surface area contributed by atoms with Crippen LogP contribution in [0.1, 0.15) is 27.2 Å². The minimum absolute atomic E-state index is 0.0598. The van der Waals surface area contributed by atoms with Gasteiger partial charge in [0.1, 0.15) is 5.76 Å². The van der Waals surface area contributed by atoms with Crippen LogP contribution in [0.25, 0.3) is 0 Å². The van der Waals surface area contributed by atoms with Gasteiger partial charge in [-0.3, -0.25) is 4.79 Å². The van der Waals surface area contributed by atoms with E-state index < -0.39 is 10.0 Å². The van der Waals surface area contributed by atoms with E-state index in [-0.39, 0.29) is 17.3 Å². The number of aryl methyl sites for hydroxylation is 2. The monoisotopic (exact) mass is 384 g/mol. The first-order valence-electron chi connectivity index (χ1n) is 8.36. The largest absolute Gasteiger partial charge is 0.468 e. The average molecular weight is 384 g/mol. The van der Waals surface area contributed by atoms with Crippen molar-refractivity contribution < 1.29 is 17.6 Å². The van der Waals surface area contributed by atoms with E-state index >= 15 is 0 Å². The Balaban J connectivity index is 1.69. The Hall–Kier alpha value is -2.90. The van der Waals surface area contributed by atoms with Crippen molar-refractivity contribution in [2.45, 2.75) is 25.3 Å². The third kappa shape index (κ3) is 4.64. The Morgan fingerprint density at radius 3 is 2.41 bits per heavy atom. The predicted molar refractivity (Wildman–Crippen MR) is 103 cm³/mol. The van der Waals surface area contributed by atoms with E-state index in [9.17, 15) is 13.2 Å². The lowest BCUT2D eigenvalue weighted by Gasteiger charge is -2.10. The van der Waals surface area contributed by atoms with Crippen LogP contribution in [0.5, 0.6) is 0 Å². The molecule has 0 unspecified atom stereocenters. The number of carbonyl (C=O) groups excluding carboxylic acids is 1. The summed E-state index contributed by atoms with van der Waals surface area (Å²) in [6.45, 7) is 3.96. The molecule has 0 aliphatic rings. The molecule has 7 heteroatoms. The fraction of sp³-hybridized carbons (Fsp3) is 0.150. The molecular weight excluding hydrogens is 364 g/mol. The predicted octanol–water partition coefficient (Wildman–Crippen LogP) is 3.63. The lowest BCUT2D eigenvalue weighted by atomic mass is 10.1. The maximum Gasteiger partial charge on any atom is 0.255 e. The summed E-state index contributed by atoms with van der Waals surface area (Å²) in [7, 11) is -3.69. The van der Waals surface area contributed by atoms with Gasteiger partial charge in [-0.2, -0.15) is 0 Å². The topological polar surface area (TPSA) is 88.4 Å². The van der Waals surface area contributed by atoms with Gasteiger partial charge in [-0.1, -0.05) is 17.7 Å². The molecule has 1 aromatic heterocycles. The average Bonchev–Trinajstić information content (AvgIpc) is 3.16. The summed E-state index contributed by atoms with van der Waals surface area (Å²) < 4.78 is 32.2. The second kappa shape index (κ2) is 7.77. The first-order chi connectivity index (χ1) is 12.8. The summed E-state index contributed by atoms with van der Waals surface area (Å²) in [4.78, 5) is 12.5. The molecule has 1 amide bonds. The molecule has 140 valence electrons. The standard InChI is InChI=1S/C20H20N2O4S/c1-14-5-10-19(15(2)12-14)22-20(23)16-6-8-18(9-7-16)27(24,25)21-13-17-4-3-11-26-17/h3-12,21H,13H2,1-2H3,(H,22,23). The van der Waals surface area contributed by atoms with Gasteiger partial charge >= 0.3 is 0 Å². The molecule has 0 aliphatic carbocycles. The highest BCUT2D eigenvalue weighted by Gasteiger charge is 2.15. The molecular formula is C20H20N2O4S. The third-order valence-electron chi connectivity index (χ3n) is 4.07. The molecule has 2 N–H and O–H groups in total. The summed E-state index contributed by atoms with van der Waals surface area (Å²) in [5, 5.41) is 2.84. The highest BCUT2D eigenvalue weighted by molar-refractivity contribution is 7.89. The van der Waals surface area contributed by atoms with Crippen LogP contribution in [-0.2, 0) is 16.6 Å². The van der Waals surface area contributed by atoms with Crippen molar-refractivity contribution in [3.8, 4) is 0 Å². The van der Waals surface area contributed by atoms with E-state index in [1.54, 1.807) is 12.1 Å². The number of sulfonamides is 1. The second-order valence-electron chi connectivity index (χ2n) is 6.20. The zero-order chi connectivity index (χ0) is 19.4. The van der Waals surface area contributed by atoms with Crippen LogP contribution >= 0.6 is 0 Å². The van der Waals surface area contributed by atoms with Crippen LogP contribution in [0.15, 0.2) is 70.2 Å². The van der Waals surface area contributed by atoms with Gasteiger partial charge in [-0.15, -0.1) is 0 Å². The lowest BCUT2D eigenvalue weighted by Crippen LogP contribution is -2.23. The van der Waals surface area contributed by atoms with Gasteiger partial charge in [0.25, 0.3) is 5.91 Å². The molecule has 1 heterocycles. The number of benzene rings is 2. The summed E-state index contributed by atoms with van der Waals surface area (Å²) in [6, 6.07) is 14.9. The summed E-state index contributed by atoms with van der Waals surface area (Å²) in [5.41, 5.74) is 3.18. The number of hydrogen-bond donors (Lipinski definition) is 2. The highest BCUT2D eigenvalue weighted by Crippen LogP contribution is 2.18. The molecule has 3 rings (SSSR count). The molecule has 0 radical (unpaired) electrons. The van der Waals surface area contributed by atoms with Crippen molar-refractivity contribution in [2.75, 3.05) is 5.32 Å². The lowest BCUT2D eigenvalue weighted by molar-refractivity contribution is 0.102. The van der Waals surface area contributed by atoms with E-state index in [1.165, 1.54) is 30.5 Å². The van der Waals surface area contributed by atoms with Crippen LogP contribution < -0.4 is 10.0 Å². The Morgan fingerprint density at radius 2 is 1.78 bits per heavy atom. The summed E-state index contributed by atoms with van der Waals surface area (Å²) in [6.07, 6.45) is 1.48. The van der Waals surface area contributed by atoms with E-state index in [0.717, 1.165) is 16.8 Å². The van der Waals surface area contributed by atoms with Crippen LogP contribution in [0.2, 0.25) is 0 Å². The maximum absolute atomic E-state index is 12.4. The third-order valence-corrected chi connectivity index (χ3v) is 5.49. The normalized spacial score (nSPS) is 11.3. The Kier molecular flexibility index (Phi) is 5.43. The molecule has 0 saturated heterocycles. The van der Waals surface area contributed by atoms with Crippen LogP contribution in [0.4, 0.5) is 5.69 Å². The number of carbonyl (C=O) groups is 1. The summed E-state index contributed by atoms with van der Waals surface area (Å²) in [5.74, 6) is 0.220. The van der Waals surface area contributed by atoms with Gasteiger partial charge in [-0.05, 0) is 61.9 Å². The van der Waals surface area contributed by atoms with E-state index in [4.69, 9.17) is 4.42 Å². The van der Waals surface area contributed by atoms with Gasteiger partial charge in [0.05, 0.1) is 17.7 Å². The number of furan rings is 1. The van der Waals surface area contributed by atoms with E-state index in [1.807, 2.05) is 32.0 Å². The highest BCUT2D eigenvalue weighted by atomic mass is 32.2. The minimum Gasteiger partial charge on any atom is -0.468 e. The van der Waals surface area contributed by atoms with Crippen molar-refractivity contribution >= 4 is 21.6 Å². The van der Waals surface area contributed by atoms with Crippen LogP contribution in [-0.4, -0.2) is 14.3 Å². The number of nitrogens with one attached hydrogen (secondary N) is 2. The molecule has 0 fully saturated rings. The first kappa shape index (κ1) is 18.9. The summed E-state index contributed by atoms with van der Waals surface area (Å²) >= 11 is 0. The smallest absolute Gasteiger partial charge is 0.255 e. The van der Waals surface area contributed by atoms with Crippen molar-refractivity contribution in [1.29, 1.82) is 0 Å². The Morgan fingerprint density at radius 1 is 1.04 bits per heavy atom. The second-order valence-corrected chi connectivity index (χ2v) is 7.97. The molecule has 0 aliphatic heterocycles. The zero-order valence-electron chi connectivity index (χ0n) is 15.0. The van der Waals surface area contributed by atoms with Crippen LogP contribution in [0.3, 0.4) is 0 Å². The van der Waals surface area contributed by atoms with Crippen molar-refractivity contribution in [1.82, 2.24) is 4.72 Å². The molecule has 0 bridgehead atoms. The van der Waals surface area contributed by atoms with Gasteiger partial charge in [0, 0.05) is 11.3 Å². The van der Waals surface area contributed by atoms with Gasteiger partial charge in [0.15, 0.2) is 0 Å². The zero-order valence-corrected chi connectivity index (χ0v) is 15.8. The number of hydrogen-bond acceptors (Lipinski definition) is 4.